The second kappa shape index (κ2) is 8.12. The molecule has 3 aromatic rings. The molecule has 33 heavy (non-hydrogen) atoms. The summed E-state index contributed by atoms with van der Waals surface area (Å²) in [6.45, 7) is 5.84. The van der Waals surface area contributed by atoms with Crippen LogP contribution < -0.4 is 10.5 Å². The maximum atomic E-state index is 12.0. The molecule has 166 valence electrons. The van der Waals surface area contributed by atoms with Gasteiger partial charge in [0.05, 0.1) is 29.7 Å². The second-order valence-corrected chi connectivity index (χ2v) is 9.09. The minimum atomic E-state index is -0.993. The lowest BCUT2D eigenvalue weighted by atomic mass is 9.61. The Morgan fingerprint density at radius 1 is 1.27 bits per heavy atom. The number of hydrogen-bond acceptors (Lipinski definition) is 8. The summed E-state index contributed by atoms with van der Waals surface area (Å²) in [5.41, 5.74) is 8.81. The first-order chi connectivity index (χ1) is 15.8. The number of nitrogens with one attached hydrogen (secondary N) is 1. The number of carbonyl (C=O) groups is 1. The molecule has 1 aliphatic rings. The highest BCUT2D eigenvalue weighted by Crippen LogP contribution is 2.53. The molecule has 3 N–H and O–H groups in total. The molecule has 0 saturated heterocycles. The van der Waals surface area contributed by atoms with Crippen molar-refractivity contribution in [1.82, 2.24) is 10.2 Å². The largest absolute Gasteiger partial charge is 0.465 e. The second-order valence-electron chi connectivity index (χ2n) is 8.01. The van der Waals surface area contributed by atoms with Crippen molar-refractivity contribution in [3.63, 3.8) is 0 Å². The molecule has 2 aromatic heterocycles. The molecule has 4 rings (SSSR count). The molecule has 9 heteroatoms. The molecule has 0 spiro atoms. The van der Waals surface area contributed by atoms with Gasteiger partial charge in [-0.1, -0.05) is 13.8 Å². The van der Waals surface area contributed by atoms with Gasteiger partial charge in [0.1, 0.15) is 16.5 Å². The van der Waals surface area contributed by atoms with Crippen LogP contribution in [0.25, 0.3) is 10.4 Å². The minimum Gasteiger partial charge on any atom is -0.465 e. The predicted molar refractivity (Wildman–Crippen MR) is 122 cm³/mol. The van der Waals surface area contributed by atoms with Crippen molar-refractivity contribution in [1.29, 1.82) is 10.5 Å². The van der Waals surface area contributed by atoms with Gasteiger partial charge in [0.15, 0.2) is 0 Å². The molecule has 1 aromatic carbocycles. The summed E-state index contributed by atoms with van der Waals surface area (Å²) in [7, 11) is 1.33. The quantitative estimate of drug-likeness (QED) is 0.559. The highest BCUT2D eigenvalue weighted by molar-refractivity contribution is 7.17. The van der Waals surface area contributed by atoms with E-state index in [9.17, 15) is 15.3 Å². The zero-order valence-electron chi connectivity index (χ0n) is 18.5. The lowest BCUT2D eigenvalue weighted by molar-refractivity contribution is 0.0606. The number of fused-ring (bicyclic) bond motifs is 1. The fourth-order valence-corrected chi connectivity index (χ4v) is 5.44. The van der Waals surface area contributed by atoms with Crippen LogP contribution in [0, 0.1) is 35.5 Å². The van der Waals surface area contributed by atoms with Gasteiger partial charge in [0.25, 0.3) is 0 Å². The number of nitrogens with zero attached hydrogens (tertiary/aromatic N) is 3. The third kappa shape index (κ3) is 3.25. The van der Waals surface area contributed by atoms with E-state index in [-0.39, 0.29) is 17.4 Å². The Hall–Kier alpha value is -4.08. The van der Waals surface area contributed by atoms with Crippen LogP contribution in [0.1, 0.15) is 45.9 Å². The van der Waals surface area contributed by atoms with Crippen LogP contribution in [0.5, 0.6) is 5.88 Å². The van der Waals surface area contributed by atoms with E-state index in [1.807, 2.05) is 32.9 Å². The fourth-order valence-electron chi connectivity index (χ4n) is 4.53. The Kier molecular flexibility index (Phi) is 5.44. The van der Waals surface area contributed by atoms with Gasteiger partial charge in [-0.2, -0.15) is 10.5 Å². The van der Waals surface area contributed by atoms with E-state index in [1.165, 1.54) is 18.4 Å². The van der Waals surface area contributed by atoms with Crippen LogP contribution in [0.3, 0.4) is 0 Å². The molecule has 0 unspecified atom stereocenters. The molecule has 0 radical (unpaired) electrons. The van der Waals surface area contributed by atoms with Gasteiger partial charge in [-0.3, -0.25) is 5.10 Å². The number of thiophene rings is 1. The number of aromatic amines is 1. The van der Waals surface area contributed by atoms with Crippen LogP contribution >= 0.6 is 11.3 Å². The van der Waals surface area contributed by atoms with Crippen molar-refractivity contribution in [2.24, 2.45) is 11.7 Å². The molecule has 8 nitrogen and oxygen atoms in total. The molecule has 1 atom stereocenters. The van der Waals surface area contributed by atoms with Gasteiger partial charge >= 0.3 is 5.97 Å². The van der Waals surface area contributed by atoms with Crippen molar-refractivity contribution in [3.8, 4) is 28.5 Å². The number of nitriles is 2. The van der Waals surface area contributed by atoms with Crippen LogP contribution in [0.2, 0.25) is 0 Å². The van der Waals surface area contributed by atoms with E-state index >= 15 is 0 Å². The molecule has 0 aliphatic carbocycles. The van der Waals surface area contributed by atoms with Gasteiger partial charge in [-0.05, 0) is 54.3 Å². The van der Waals surface area contributed by atoms with Gasteiger partial charge in [-0.25, -0.2) is 4.79 Å². The SMILES string of the molecule is COC(=O)c1ccc(-c2cc(C#N)cc([C@@]3(C(C)C)C(C#N)=C(N)Oc4n[nH]c(C)c43)c2)s1. The fraction of sp³-hybridized carbons (Fsp3) is 0.250. The topological polar surface area (TPSA) is 138 Å². The number of H-pyrrole nitrogens is 1. The lowest BCUT2D eigenvalue weighted by Crippen LogP contribution is -2.41. The average molecular weight is 460 g/mol. The number of ether oxygens (including phenoxy) is 2. The molecule has 3 heterocycles. The van der Waals surface area contributed by atoms with E-state index in [1.54, 1.807) is 18.2 Å². The van der Waals surface area contributed by atoms with E-state index < -0.39 is 11.4 Å². The highest BCUT2D eigenvalue weighted by atomic mass is 32.1. The zero-order valence-corrected chi connectivity index (χ0v) is 19.3. The Morgan fingerprint density at radius 3 is 2.67 bits per heavy atom. The van der Waals surface area contributed by atoms with Crippen molar-refractivity contribution in [2.45, 2.75) is 26.2 Å². The van der Waals surface area contributed by atoms with Crippen LogP contribution in [-0.4, -0.2) is 23.3 Å². The summed E-state index contributed by atoms with van der Waals surface area (Å²) in [5.74, 6) is -0.267. The first-order valence-electron chi connectivity index (χ1n) is 10.2. The van der Waals surface area contributed by atoms with Gasteiger partial charge < -0.3 is 15.2 Å². The number of benzene rings is 1. The van der Waals surface area contributed by atoms with Crippen LogP contribution in [0.4, 0.5) is 0 Å². The maximum Gasteiger partial charge on any atom is 0.348 e. The van der Waals surface area contributed by atoms with Crippen molar-refractivity contribution in [2.75, 3.05) is 7.11 Å². The third-order valence-electron chi connectivity index (χ3n) is 5.93. The number of hydrogen-bond donors (Lipinski definition) is 2. The van der Waals surface area contributed by atoms with Crippen molar-refractivity contribution >= 4 is 17.3 Å². The van der Waals surface area contributed by atoms with Crippen LogP contribution in [0.15, 0.2) is 41.8 Å². The predicted octanol–water partition coefficient (Wildman–Crippen LogP) is 4.13. The minimum absolute atomic E-state index is 0.0155. The first kappa shape index (κ1) is 22.1. The van der Waals surface area contributed by atoms with Crippen LogP contribution in [-0.2, 0) is 10.2 Å². The maximum absolute atomic E-state index is 12.0. The summed E-state index contributed by atoms with van der Waals surface area (Å²) >= 11 is 1.27. The molecular formula is C24H21N5O3S. The number of rotatable bonds is 4. The first-order valence-corrected chi connectivity index (χ1v) is 11.0. The number of esters is 1. The monoisotopic (exact) mass is 459 g/mol. The Balaban J connectivity index is 2.04. The van der Waals surface area contributed by atoms with Gasteiger partial charge in [-0.15, -0.1) is 16.4 Å². The standard InChI is InChI=1S/C24H21N5O3S/c1-12(2)24(17(11-26)21(27)32-22-20(24)13(3)28-29-22)16-8-14(10-25)7-15(9-16)18-5-6-19(33-18)23(30)31-4/h5-9,12H,27H2,1-4H3,(H,28,29)/t24-/m0/s1. The lowest BCUT2D eigenvalue weighted by Gasteiger charge is -2.41. The Bertz CT molecular complexity index is 1390. The van der Waals surface area contributed by atoms with Gasteiger partial charge in [0, 0.05) is 10.6 Å². The summed E-state index contributed by atoms with van der Waals surface area (Å²) < 4.78 is 10.5. The van der Waals surface area contributed by atoms with Crippen molar-refractivity contribution < 1.29 is 14.3 Å². The molecule has 1 aliphatic heterocycles. The summed E-state index contributed by atoms with van der Waals surface area (Å²) in [6.07, 6.45) is 0. The zero-order chi connectivity index (χ0) is 23.9. The number of aryl methyl sites for hydroxylation is 1. The molecular weight excluding hydrogens is 438 g/mol. The molecule has 0 bridgehead atoms. The van der Waals surface area contributed by atoms with Crippen molar-refractivity contribution in [3.05, 3.63) is 69.0 Å². The number of allylic oxidation sites excluding steroid dienone is 1. The number of methoxy groups -OCH3 is 1. The highest BCUT2D eigenvalue weighted by Gasteiger charge is 2.50. The van der Waals surface area contributed by atoms with E-state index in [0.717, 1.165) is 16.1 Å². The summed E-state index contributed by atoms with van der Waals surface area (Å²) in [6, 6.07) is 13.4. The number of aromatic nitrogens is 2. The molecule has 0 amide bonds. The Morgan fingerprint density at radius 2 is 2.03 bits per heavy atom. The number of nitrogens with two attached hydrogens (primary N) is 1. The normalized spacial score (nSPS) is 17.2. The molecule has 0 saturated carbocycles. The Labute approximate surface area is 194 Å². The smallest absolute Gasteiger partial charge is 0.348 e. The average Bonchev–Trinajstić information content (AvgIpc) is 3.44. The van der Waals surface area contributed by atoms with Gasteiger partial charge in [0.2, 0.25) is 11.8 Å². The summed E-state index contributed by atoms with van der Waals surface area (Å²) in [5, 5.41) is 27.1. The van der Waals surface area contributed by atoms with E-state index in [4.69, 9.17) is 15.2 Å². The number of carbonyl (C=O) groups excluding carboxylic acids is 1. The summed E-state index contributed by atoms with van der Waals surface area (Å²) in [4.78, 5) is 13.2. The third-order valence-corrected chi connectivity index (χ3v) is 7.04. The van der Waals surface area contributed by atoms with E-state index in [2.05, 4.69) is 22.3 Å². The van der Waals surface area contributed by atoms with E-state index in [0.29, 0.717) is 27.4 Å². The molecule has 0 fully saturated rings.